The quantitative estimate of drug-likeness (QED) is 0.736. The average molecular weight is 346 g/mol. The van der Waals surface area contributed by atoms with Gasteiger partial charge in [-0.2, -0.15) is 0 Å². The molecule has 130 valence electrons. The number of nitrogen functional groups attached to an aromatic ring is 1. The lowest BCUT2D eigenvalue weighted by Crippen LogP contribution is -2.06. The van der Waals surface area contributed by atoms with E-state index in [-0.39, 0.29) is 22.8 Å². The fraction of sp³-hybridized carbons (Fsp3) is 0.312. The third-order valence-corrected chi connectivity index (χ3v) is 4.14. The molecule has 1 aliphatic rings. The van der Waals surface area contributed by atoms with Crippen LogP contribution in [0.1, 0.15) is 36.6 Å². The zero-order chi connectivity index (χ0) is 17.6. The van der Waals surface area contributed by atoms with Gasteiger partial charge in [-0.1, -0.05) is 0 Å². The fourth-order valence-corrected chi connectivity index (χ4v) is 2.79. The third kappa shape index (κ3) is 2.71. The van der Waals surface area contributed by atoms with Crippen molar-refractivity contribution in [2.75, 3.05) is 18.1 Å². The molecule has 3 heterocycles. The number of fused-ring (bicyclic) bond motifs is 1. The molecule has 1 fully saturated rings. The van der Waals surface area contributed by atoms with E-state index in [0.29, 0.717) is 17.3 Å². The van der Waals surface area contributed by atoms with E-state index in [1.54, 1.807) is 12.4 Å². The highest BCUT2D eigenvalue weighted by molar-refractivity contribution is 5.70. The molecule has 25 heavy (non-hydrogen) atoms. The number of alkyl halides is 2. The summed E-state index contributed by atoms with van der Waals surface area (Å²) in [6, 6.07) is 0. The van der Waals surface area contributed by atoms with Gasteiger partial charge in [-0.05, 0) is 12.8 Å². The van der Waals surface area contributed by atoms with Crippen LogP contribution in [0.3, 0.4) is 0 Å². The van der Waals surface area contributed by atoms with Gasteiger partial charge in [0.1, 0.15) is 11.6 Å². The lowest BCUT2D eigenvalue weighted by molar-refractivity contribution is 0.149. The number of imidazole rings is 1. The molecule has 7 nitrogen and oxygen atoms in total. The number of nitrogens with two attached hydrogens (primary N) is 1. The first-order valence-corrected chi connectivity index (χ1v) is 7.83. The number of pyridine rings is 1. The largest absolute Gasteiger partial charge is 0.452 e. The van der Waals surface area contributed by atoms with Gasteiger partial charge in [0.05, 0.1) is 36.0 Å². The van der Waals surface area contributed by atoms with E-state index in [0.717, 1.165) is 18.7 Å². The van der Waals surface area contributed by atoms with Crippen molar-refractivity contribution >= 4 is 17.2 Å². The van der Waals surface area contributed by atoms with Gasteiger partial charge < -0.3 is 15.8 Å². The standard InChI is InChI=1S/C16H16F2N6O/c1-20-13-12(14(17)18)10(5-22-15(13)19)25-9-4-21-11-6-23-16(8-2-3-8)24(11)7-9/h4-8,14,20H,2-3H2,1H3,(H2,19,22). The second-order valence-corrected chi connectivity index (χ2v) is 5.86. The zero-order valence-electron chi connectivity index (χ0n) is 13.4. The molecule has 3 N–H and O–H groups in total. The molecule has 0 amide bonds. The molecule has 1 aliphatic carbocycles. The number of nitrogens with zero attached hydrogens (tertiary/aromatic N) is 4. The summed E-state index contributed by atoms with van der Waals surface area (Å²) in [5.41, 5.74) is 6.08. The maximum Gasteiger partial charge on any atom is 0.269 e. The number of hydrogen-bond donors (Lipinski definition) is 2. The van der Waals surface area contributed by atoms with Crippen molar-refractivity contribution in [1.29, 1.82) is 0 Å². The van der Waals surface area contributed by atoms with Crippen molar-refractivity contribution in [2.45, 2.75) is 25.2 Å². The van der Waals surface area contributed by atoms with Gasteiger partial charge in [-0.15, -0.1) is 0 Å². The molecule has 3 aromatic rings. The molecular weight excluding hydrogens is 330 g/mol. The molecule has 3 aromatic heterocycles. The van der Waals surface area contributed by atoms with Gasteiger partial charge in [0.25, 0.3) is 6.43 Å². The molecule has 4 rings (SSSR count). The summed E-state index contributed by atoms with van der Waals surface area (Å²) in [5, 5.41) is 2.65. The number of rotatable bonds is 5. The summed E-state index contributed by atoms with van der Waals surface area (Å²) >= 11 is 0. The van der Waals surface area contributed by atoms with E-state index in [1.807, 2.05) is 4.40 Å². The second kappa shape index (κ2) is 5.83. The Morgan fingerprint density at radius 2 is 2.04 bits per heavy atom. The number of nitrogens with one attached hydrogen (secondary N) is 1. The SMILES string of the molecule is CNc1c(N)ncc(Oc2cnc3cnc(C4CC4)n3c2)c1C(F)F. The average Bonchev–Trinajstić information content (AvgIpc) is 3.35. The van der Waals surface area contributed by atoms with Gasteiger partial charge in [-0.3, -0.25) is 4.40 Å². The molecule has 9 heteroatoms. The lowest BCUT2D eigenvalue weighted by Gasteiger charge is -2.15. The van der Waals surface area contributed by atoms with E-state index in [2.05, 4.69) is 20.3 Å². The van der Waals surface area contributed by atoms with Crippen LogP contribution in [0.2, 0.25) is 0 Å². The van der Waals surface area contributed by atoms with Gasteiger partial charge in [0.15, 0.2) is 17.1 Å². The fourth-order valence-electron chi connectivity index (χ4n) is 2.79. The van der Waals surface area contributed by atoms with Crippen molar-refractivity contribution in [3.05, 3.63) is 36.2 Å². The summed E-state index contributed by atoms with van der Waals surface area (Å²) in [4.78, 5) is 12.6. The summed E-state index contributed by atoms with van der Waals surface area (Å²) in [5.74, 6) is 1.58. The molecule has 0 unspecified atom stereocenters. The minimum absolute atomic E-state index is 0.00986. The highest BCUT2D eigenvalue weighted by Crippen LogP contribution is 2.41. The predicted molar refractivity (Wildman–Crippen MR) is 88.2 cm³/mol. The molecule has 1 saturated carbocycles. The van der Waals surface area contributed by atoms with Crippen molar-refractivity contribution in [1.82, 2.24) is 19.4 Å². The third-order valence-electron chi connectivity index (χ3n) is 4.14. The number of halogens is 2. The van der Waals surface area contributed by atoms with Gasteiger partial charge >= 0.3 is 0 Å². The molecule has 0 radical (unpaired) electrons. The van der Waals surface area contributed by atoms with Crippen molar-refractivity contribution in [3.63, 3.8) is 0 Å². The van der Waals surface area contributed by atoms with Crippen LogP contribution in [0.4, 0.5) is 20.3 Å². The zero-order valence-corrected chi connectivity index (χ0v) is 13.4. The van der Waals surface area contributed by atoms with E-state index in [1.165, 1.54) is 19.4 Å². The van der Waals surface area contributed by atoms with Crippen molar-refractivity contribution < 1.29 is 13.5 Å². The van der Waals surface area contributed by atoms with E-state index < -0.39 is 6.43 Å². The Morgan fingerprint density at radius 3 is 2.72 bits per heavy atom. The summed E-state index contributed by atoms with van der Waals surface area (Å²) in [6.45, 7) is 0. The highest BCUT2D eigenvalue weighted by atomic mass is 19.3. The Kier molecular flexibility index (Phi) is 3.63. The molecule has 0 aromatic carbocycles. The van der Waals surface area contributed by atoms with Crippen LogP contribution in [-0.2, 0) is 0 Å². The Balaban J connectivity index is 1.75. The van der Waals surface area contributed by atoms with Crippen LogP contribution in [0.25, 0.3) is 5.65 Å². The van der Waals surface area contributed by atoms with Crippen LogP contribution in [0, 0.1) is 0 Å². The topological polar surface area (TPSA) is 90.4 Å². The molecule has 0 aliphatic heterocycles. The first kappa shape index (κ1) is 15.6. The molecule has 0 atom stereocenters. The number of ether oxygens (including phenoxy) is 1. The van der Waals surface area contributed by atoms with E-state index in [4.69, 9.17) is 10.5 Å². The summed E-state index contributed by atoms with van der Waals surface area (Å²) in [6.07, 6.45) is 5.46. The number of aromatic nitrogens is 4. The first-order valence-electron chi connectivity index (χ1n) is 7.83. The van der Waals surface area contributed by atoms with E-state index >= 15 is 0 Å². The first-order chi connectivity index (χ1) is 12.1. The van der Waals surface area contributed by atoms with Gasteiger partial charge in [0, 0.05) is 13.0 Å². The van der Waals surface area contributed by atoms with Crippen molar-refractivity contribution in [2.24, 2.45) is 0 Å². The Bertz CT molecular complexity index is 938. The molecule has 0 bridgehead atoms. The van der Waals surface area contributed by atoms with Crippen LogP contribution in [0.5, 0.6) is 11.5 Å². The van der Waals surface area contributed by atoms with Crippen LogP contribution < -0.4 is 15.8 Å². The smallest absolute Gasteiger partial charge is 0.269 e. The number of hydrogen-bond acceptors (Lipinski definition) is 6. The van der Waals surface area contributed by atoms with Crippen LogP contribution in [0.15, 0.2) is 24.8 Å². The Hall–Kier alpha value is -2.97. The molecule has 0 saturated heterocycles. The van der Waals surface area contributed by atoms with Gasteiger partial charge in [-0.25, -0.2) is 23.7 Å². The summed E-state index contributed by atoms with van der Waals surface area (Å²) < 4.78 is 34.5. The second-order valence-electron chi connectivity index (χ2n) is 5.86. The normalized spacial score (nSPS) is 14.2. The Morgan fingerprint density at radius 1 is 1.24 bits per heavy atom. The minimum Gasteiger partial charge on any atom is -0.452 e. The summed E-state index contributed by atoms with van der Waals surface area (Å²) in [7, 11) is 1.50. The highest BCUT2D eigenvalue weighted by Gasteiger charge is 2.28. The predicted octanol–water partition coefficient (Wildman–Crippen LogP) is 3.36. The number of anilines is 2. The van der Waals surface area contributed by atoms with Crippen LogP contribution >= 0.6 is 0 Å². The Labute approximate surface area is 141 Å². The molecule has 0 spiro atoms. The monoisotopic (exact) mass is 346 g/mol. The minimum atomic E-state index is -2.77. The van der Waals surface area contributed by atoms with Gasteiger partial charge in [0.2, 0.25) is 0 Å². The maximum atomic E-state index is 13.5. The van der Waals surface area contributed by atoms with Crippen LogP contribution in [-0.4, -0.2) is 26.4 Å². The maximum absolute atomic E-state index is 13.5. The van der Waals surface area contributed by atoms with Crippen molar-refractivity contribution in [3.8, 4) is 11.5 Å². The molecular formula is C16H16F2N6O. The lowest BCUT2D eigenvalue weighted by atomic mass is 10.2. The van der Waals surface area contributed by atoms with E-state index in [9.17, 15) is 8.78 Å².